The monoisotopic (exact) mass is 297 g/mol. The first kappa shape index (κ1) is 17.1. The molecule has 8 heteroatoms. The number of nitrogens with zero attached hydrogens (tertiary/aromatic N) is 4. The van der Waals surface area contributed by atoms with Gasteiger partial charge in [0.15, 0.2) is 0 Å². The van der Waals surface area contributed by atoms with Crippen LogP contribution in [0.25, 0.3) is 0 Å². The lowest BCUT2D eigenvalue weighted by Crippen LogP contribution is -2.42. The first-order valence-electron chi connectivity index (χ1n) is 7.17. The topological polar surface area (TPSA) is 93.3 Å². The van der Waals surface area contributed by atoms with E-state index < -0.39 is 10.8 Å². The van der Waals surface area contributed by atoms with Gasteiger partial charge in [-0.2, -0.15) is 5.10 Å². The molecule has 0 aliphatic heterocycles. The molecule has 0 aromatic carbocycles. The van der Waals surface area contributed by atoms with Gasteiger partial charge in [0.05, 0.1) is 4.92 Å². The number of nitrogens with one attached hydrogen (secondary N) is 1. The minimum Gasteiger partial charge on any atom is -0.347 e. The van der Waals surface area contributed by atoms with E-state index in [9.17, 15) is 14.9 Å². The van der Waals surface area contributed by atoms with E-state index in [1.165, 1.54) is 10.9 Å². The number of likely N-dealkylation sites (N-methyl/N-ethyl adjacent to an activating group) is 1. The second-order valence-electron chi connectivity index (χ2n) is 4.84. The fourth-order valence-electron chi connectivity index (χ4n) is 2.08. The van der Waals surface area contributed by atoms with Crippen LogP contribution in [0.1, 0.15) is 38.2 Å². The van der Waals surface area contributed by atoms with Crippen molar-refractivity contribution in [3.8, 4) is 0 Å². The van der Waals surface area contributed by atoms with E-state index >= 15 is 0 Å². The summed E-state index contributed by atoms with van der Waals surface area (Å²) in [7, 11) is 0. The summed E-state index contributed by atoms with van der Waals surface area (Å²) >= 11 is 0. The van der Waals surface area contributed by atoms with Crippen molar-refractivity contribution >= 4 is 11.6 Å². The van der Waals surface area contributed by atoms with Crippen molar-refractivity contribution < 1.29 is 9.72 Å². The van der Waals surface area contributed by atoms with Crippen molar-refractivity contribution in [2.75, 3.05) is 19.6 Å². The highest BCUT2D eigenvalue weighted by molar-refractivity contribution is 5.96. The smallest absolute Gasteiger partial charge is 0.320 e. The van der Waals surface area contributed by atoms with Crippen molar-refractivity contribution in [1.29, 1.82) is 0 Å². The lowest BCUT2D eigenvalue weighted by atomic mass is 10.2. The van der Waals surface area contributed by atoms with E-state index in [2.05, 4.69) is 15.3 Å². The molecule has 0 saturated heterocycles. The standard InChI is InChI=1S/C13H23N5O3/c1-5-16(6-2)8-10(4)14-13(19)12-11(18(20)21)9-17(7-3)15-12/h9-10H,5-8H2,1-4H3,(H,14,19)/t10-/m1/s1. The van der Waals surface area contributed by atoms with Gasteiger partial charge in [-0.25, -0.2) is 0 Å². The van der Waals surface area contributed by atoms with Crippen LogP contribution in [-0.2, 0) is 6.54 Å². The van der Waals surface area contributed by atoms with Crippen LogP contribution in [0, 0.1) is 10.1 Å². The van der Waals surface area contributed by atoms with Crippen molar-refractivity contribution in [3.05, 3.63) is 22.0 Å². The molecule has 0 bridgehead atoms. The van der Waals surface area contributed by atoms with Crippen LogP contribution >= 0.6 is 0 Å². The maximum absolute atomic E-state index is 12.2. The summed E-state index contributed by atoms with van der Waals surface area (Å²) in [4.78, 5) is 24.7. The van der Waals surface area contributed by atoms with Crippen molar-refractivity contribution in [2.45, 2.75) is 40.3 Å². The molecule has 0 unspecified atom stereocenters. The molecule has 1 rings (SSSR count). The van der Waals surface area contributed by atoms with E-state index in [-0.39, 0.29) is 17.4 Å². The van der Waals surface area contributed by atoms with Crippen molar-refractivity contribution in [3.63, 3.8) is 0 Å². The second-order valence-corrected chi connectivity index (χ2v) is 4.84. The Morgan fingerprint density at radius 2 is 2.10 bits per heavy atom. The quantitative estimate of drug-likeness (QED) is 0.576. The Morgan fingerprint density at radius 1 is 1.48 bits per heavy atom. The Bertz CT molecular complexity index is 496. The van der Waals surface area contributed by atoms with E-state index in [4.69, 9.17) is 0 Å². The third kappa shape index (κ3) is 4.52. The number of hydrogen-bond acceptors (Lipinski definition) is 5. The van der Waals surface area contributed by atoms with Gasteiger partial charge in [-0.3, -0.25) is 19.6 Å². The molecule has 1 amide bonds. The molecule has 1 aromatic rings. The lowest BCUT2D eigenvalue weighted by molar-refractivity contribution is -0.385. The summed E-state index contributed by atoms with van der Waals surface area (Å²) in [5, 5.41) is 17.7. The maximum Gasteiger partial charge on any atom is 0.320 e. The molecule has 21 heavy (non-hydrogen) atoms. The molecular weight excluding hydrogens is 274 g/mol. The minimum atomic E-state index is -0.580. The number of carbonyl (C=O) groups is 1. The van der Waals surface area contributed by atoms with Crippen molar-refractivity contribution in [2.24, 2.45) is 0 Å². The van der Waals surface area contributed by atoms with Gasteiger partial charge in [0.25, 0.3) is 5.91 Å². The van der Waals surface area contributed by atoms with Gasteiger partial charge < -0.3 is 10.2 Å². The number of hydrogen-bond donors (Lipinski definition) is 1. The van der Waals surface area contributed by atoms with Gasteiger partial charge in [0.1, 0.15) is 6.20 Å². The molecular formula is C13H23N5O3. The Labute approximate surface area is 124 Å². The Hall–Kier alpha value is -1.96. The zero-order valence-corrected chi connectivity index (χ0v) is 13.0. The molecule has 0 fully saturated rings. The van der Waals surface area contributed by atoms with Crippen LogP contribution in [0.5, 0.6) is 0 Å². The summed E-state index contributed by atoms with van der Waals surface area (Å²) in [5.41, 5.74) is -0.391. The lowest BCUT2D eigenvalue weighted by Gasteiger charge is -2.23. The van der Waals surface area contributed by atoms with Crippen LogP contribution in [0.2, 0.25) is 0 Å². The maximum atomic E-state index is 12.2. The average molecular weight is 297 g/mol. The number of carbonyl (C=O) groups excluding carboxylic acids is 1. The normalized spacial score (nSPS) is 12.4. The number of nitro groups is 1. The van der Waals surface area contributed by atoms with Gasteiger partial charge in [-0.1, -0.05) is 13.8 Å². The zero-order valence-electron chi connectivity index (χ0n) is 13.0. The van der Waals surface area contributed by atoms with Gasteiger partial charge in [-0.05, 0) is 26.9 Å². The van der Waals surface area contributed by atoms with E-state index in [0.29, 0.717) is 13.1 Å². The molecule has 0 aliphatic rings. The van der Waals surface area contributed by atoms with E-state index in [1.807, 2.05) is 20.8 Å². The highest BCUT2D eigenvalue weighted by Gasteiger charge is 2.26. The fraction of sp³-hybridized carbons (Fsp3) is 0.692. The molecule has 8 nitrogen and oxygen atoms in total. The van der Waals surface area contributed by atoms with E-state index in [0.717, 1.165) is 13.1 Å². The largest absolute Gasteiger partial charge is 0.347 e. The highest BCUT2D eigenvalue weighted by Crippen LogP contribution is 2.16. The summed E-state index contributed by atoms with van der Waals surface area (Å²) in [6.07, 6.45) is 1.28. The minimum absolute atomic E-state index is 0.108. The number of aromatic nitrogens is 2. The number of amides is 1. The van der Waals surface area contributed by atoms with Crippen LogP contribution in [-0.4, -0.2) is 51.2 Å². The van der Waals surface area contributed by atoms with Crippen LogP contribution in [0.15, 0.2) is 6.20 Å². The summed E-state index contributed by atoms with van der Waals surface area (Å²) in [6.45, 7) is 10.7. The predicted molar refractivity (Wildman–Crippen MR) is 79.3 cm³/mol. The predicted octanol–water partition coefficient (Wildman–Crippen LogP) is 1.27. The molecule has 0 saturated carbocycles. The number of rotatable bonds is 8. The third-order valence-corrected chi connectivity index (χ3v) is 3.28. The van der Waals surface area contributed by atoms with Crippen LogP contribution < -0.4 is 5.32 Å². The van der Waals surface area contributed by atoms with Crippen molar-refractivity contribution in [1.82, 2.24) is 20.0 Å². The first-order chi connectivity index (χ1) is 9.92. The van der Waals surface area contributed by atoms with Crippen LogP contribution in [0.4, 0.5) is 5.69 Å². The fourth-order valence-corrected chi connectivity index (χ4v) is 2.08. The van der Waals surface area contributed by atoms with Gasteiger partial charge in [0.2, 0.25) is 5.69 Å². The summed E-state index contributed by atoms with van der Waals surface area (Å²) < 4.78 is 1.39. The molecule has 0 spiro atoms. The van der Waals surface area contributed by atoms with Gasteiger partial charge in [0, 0.05) is 19.1 Å². The Kier molecular flexibility index (Phi) is 6.29. The molecule has 0 aliphatic carbocycles. The third-order valence-electron chi connectivity index (χ3n) is 3.28. The number of aryl methyl sites for hydroxylation is 1. The zero-order chi connectivity index (χ0) is 16.0. The summed E-state index contributed by atoms with van der Waals surface area (Å²) in [6, 6.07) is -0.108. The summed E-state index contributed by atoms with van der Waals surface area (Å²) in [5.74, 6) is -0.506. The van der Waals surface area contributed by atoms with Gasteiger partial charge in [-0.15, -0.1) is 0 Å². The molecule has 1 N–H and O–H groups in total. The Balaban J connectivity index is 2.79. The van der Waals surface area contributed by atoms with Crippen LogP contribution in [0.3, 0.4) is 0 Å². The molecule has 1 aromatic heterocycles. The first-order valence-corrected chi connectivity index (χ1v) is 7.17. The molecule has 1 heterocycles. The Morgan fingerprint density at radius 3 is 2.57 bits per heavy atom. The molecule has 118 valence electrons. The highest BCUT2D eigenvalue weighted by atomic mass is 16.6. The average Bonchev–Trinajstić information content (AvgIpc) is 2.89. The SMILES string of the molecule is CCN(CC)C[C@@H](C)NC(=O)c1nn(CC)cc1[N+](=O)[O-]. The molecule has 0 radical (unpaired) electrons. The van der Waals surface area contributed by atoms with E-state index in [1.54, 1.807) is 6.92 Å². The molecule has 1 atom stereocenters. The van der Waals surface area contributed by atoms with Gasteiger partial charge >= 0.3 is 5.69 Å². The second kappa shape index (κ2) is 7.72.